The second-order valence-corrected chi connectivity index (χ2v) is 10.1. The molecule has 1 saturated carbocycles. The zero-order chi connectivity index (χ0) is 27.4. The van der Waals surface area contributed by atoms with Crippen LogP contribution in [0.1, 0.15) is 26.7 Å². The molecule has 0 aromatic heterocycles. The number of nitrogens with one attached hydrogen (secondary N) is 3. The standard InChI is InChI=1S/C22H42N4O11/c1-3-24-6-13-16(30)17(31)18(32)20(35-13)15-8(2)19(10(4-9(15)23)25-22(33)26-34)37-21-12(29)5-11(28)14(7-27)36-21/h8-21,24,27-32,34H,3-7,23H2,1-2H3,(H2,25,26,33). The molecule has 37 heavy (non-hydrogen) atoms. The first-order valence-corrected chi connectivity index (χ1v) is 12.7. The molecule has 0 radical (unpaired) electrons. The second kappa shape index (κ2) is 13.2. The Balaban J connectivity index is 1.86. The number of rotatable bonds is 8. The first-order valence-electron chi connectivity index (χ1n) is 12.7. The normalized spacial score (nSPS) is 46.9. The number of nitrogens with two attached hydrogens (primary N) is 1. The average molecular weight is 539 g/mol. The highest BCUT2D eigenvalue weighted by Crippen LogP contribution is 2.40. The summed E-state index contributed by atoms with van der Waals surface area (Å²) < 4.78 is 17.7. The predicted molar refractivity (Wildman–Crippen MR) is 125 cm³/mol. The zero-order valence-corrected chi connectivity index (χ0v) is 21.0. The molecule has 216 valence electrons. The van der Waals surface area contributed by atoms with Crippen molar-refractivity contribution in [2.45, 2.75) is 100.0 Å². The highest BCUT2D eigenvalue weighted by atomic mass is 16.7. The lowest BCUT2D eigenvalue weighted by Gasteiger charge is -2.52. The number of hydrogen-bond donors (Lipinski definition) is 11. The van der Waals surface area contributed by atoms with Crippen molar-refractivity contribution in [2.24, 2.45) is 17.6 Å². The quantitative estimate of drug-likeness (QED) is 0.103. The molecule has 0 aromatic rings. The van der Waals surface area contributed by atoms with Crippen LogP contribution < -0.4 is 21.8 Å². The van der Waals surface area contributed by atoms with E-state index in [4.69, 9.17) is 25.2 Å². The van der Waals surface area contributed by atoms with Gasteiger partial charge in [0.15, 0.2) is 6.29 Å². The van der Waals surface area contributed by atoms with Crippen molar-refractivity contribution in [3.05, 3.63) is 0 Å². The minimum atomic E-state index is -1.49. The van der Waals surface area contributed by atoms with Crippen molar-refractivity contribution in [1.82, 2.24) is 16.1 Å². The highest BCUT2D eigenvalue weighted by molar-refractivity contribution is 5.72. The number of carbonyl (C=O) groups is 1. The number of likely N-dealkylation sites (N-methyl/N-ethyl adjacent to an activating group) is 1. The zero-order valence-electron chi connectivity index (χ0n) is 21.0. The van der Waals surface area contributed by atoms with Crippen molar-refractivity contribution < 1.29 is 54.9 Å². The summed E-state index contributed by atoms with van der Waals surface area (Å²) in [5, 5.41) is 76.5. The maximum absolute atomic E-state index is 11.9. The van der Waals surface area contributed by atoms with Crippen LogP contribution >= 0.6 is 0 Å². The summed E-state index contributed by atoms with van der Waals surface area (Å²) in [5.74, 6) is -1.22. The van der Waals surface area contributed by atoms with Crippen molar-refractivity contribution in [2.75, 3.05) is 19.7 Å². The minimum absolute atomic E-state index is 0.102. The summed E-state index contributed by atoms with van der Waals surface area (Å²) in [6, 6.07) is -2.37. The number of ether oxygens (including phenoxy) is 3. The molecule has 3 fully saturated rings. The monoisotopic (exact) mass is 538 g/mol. The molecule has 0 spiro atoms. The molecule has 2 heterocycles. The number of hydroxylamine groups is 1. The van der Waals surface area contributed by atoms with E-state index in [0.717, 1.165) is 0 Å². The lowest BCUT2D eigenvalue weighted by atomic mass is 9.68. The molecule has 0 bridgehead atoms. The maximum atomic E-state index is 11.9. The van der Waals surface area contributed by atoms with Gasteiger partial charge in [0.05, 0.1) is 37.1 Å². The van der Waals surface area contributed by atoms with E-state index in [1.807, 2.05) is 6.92 Å². The van der Waals surface area contributed by atoms with Crippen LogP contribution in [0.25, 0.3) is 0 Å². The van der Waals surface area contributed by atoms with Gasteiger partial charge < -0.3 is 61.2 Å². The van der Waals surface area contributed by atoms with Crippen molar-refractivity contribution in [3.63, 3.8) is 0 Å². The summed E-state index contributed by atoms with van der Waals surface area (Å²) in [6.45, 7) is 3.92. The first-order chi connectivity index (χ1) is 17.5. The Hall–Kier alpha value is -1.21. The number of carbonyl (C=O) groups excluding carboxylic acids is 1. The molecule has 3 aliphatic rings. The van der Waals surface area contributed by atoms with E-state index >= 15 is 0 Å². The fourth-order valence-electron chi connectivity index (χ4n) is 5.72. The van der Waals surface area contributed by atoms with E-state index in [1.54, 1.807) is 6.92 Å². The van der Waals surface area contributed by atoms with Crippen LogP contribution in [-0.4, -0.2) is 135 Å². The molecule has 14 atom stereocenters. The van der Waals surface area contributed by atoms with Gasteiger partial charge in [-0.05, 0) is 18.9 Å². The van der Waals surface area contributed by atoms with Gasteiger partial charge in [-0.3, -0.25) is 5.21 Å². The molecular weight excluding hydrogens is 496 g/mol. The van der Waals surface area contributed by atoms with Crippen LogP contribution in [0.5, 0.6) is 0 Å². The van der Waals surface area contributed by atoms with Crippen LogP contribution in [0.3, 0.4) is 0 Å². The van der Waals surface area contributed by atoms with Gasteiger partial charge in [0.1, 0.15) is 30.5 Å². The Morgan fingerprint density at radius 2 is 1.73 bits per heavy atom. The molecule has 12 N–H and O–H groups in total. The lowest BCUT2D eigenvalue weighted by molar-refractivity contribution is -0.300. The Labute approximate surface area is 214 Å². The Bertz CT molecular complexity index is 739. The average Bonchev–Trinajstić information content (AvgIpc) is 2.86. The van der Waals surface area contributed by atoms with Crippen LogP contribution in [0, 0.1) is 11.8 Å². The molecule has 2 saturated heterocycles. The Morgan fingerprint density at radius 1 is 1.03 bits per heavy atom. The molecule has 0 aromatic carbocycles. The summed E-state index contributed by atoms with van der Waals surface area (Å²) in [5.41, 5.74) is 7.98. The summed E-state index contributed by atoms with van der Waals surface area (Å²) in [4.78, 5) is 11.9. The molecule has 15 nitrogen and oxygen atoms in total. The molecule has 3 rings (SSSR count). The number of aliphatic hydroxyl groups is 6. The Kier molecular flexibility index (Phi) is 10.8. The summed E-state index contributed by atoms with van der Waals surface area (Å²) in [6.07, 6.45) is -11.7. The molecule has 1 aliphatic carbocycles. The molecule has 2 aliphatic heterocycles. The third-order valence-electron chi connectivity index (χ3n) is 7.69. The maximum Gasteiger partial charge on any atom is 0.338 e. The largest absolute Gasteiger partial charge is 0.394 e. The fraction of sp³-hybridized carbons (Fsp3) is 0.955. The van der Waals surface area contributed by atoms with E-state index < -0.39 is 97.8 Å². The van der Waals surface area contributed by atoms with Crippen LogP contribution in [0.4, 0.5) is 4.79 Å². The molecule has 2 amide bonds. The lowest BCUT2D eigenvalue weighted by Crippen LogP contribution is -2.68. The van der Waals surface area contributed by atoms with Gasteiger partial charge in [-0.2, -0.15) is 0 Å². The van der Waals surface area contributed by atoms with Gasteiger partial charge in [-0.1, -0.05) is 13.8 Å². The third-order valence-corrected chi connectivity index (χ3v) is 7.69. The fourth-order valence-corrected chi connectivity index (χ4v) is 5.72. The van der Waals surface area contributed by atoms with E-state index in [0.29, 0.717) is 6.54 Å². The number of urea groups is 1. The first kappa shape index (κ1) is 30.3. The minimum Gasteiger partial charge on any atom is -0.394 e. The van der Waals surface area contributed by atoms with E-state index in [1.165, 1.54) is 5.48 Å². The summed E-state index contributed by atoms with van der Waals surface area (Å²) >= 11 is 0. The van der Waals surface area contributed by atoms with E-state index in [-0.39, 0.29) is 19.4 Å². The topological polar surface area (TPSA) is 248 Å². The van der Waals surface area contributed by atoms with E-state index in [9.17, 15) is 35.4 Å². The number of amides is 2. The number of hydrogen-bond acceptors (Lipinski definition) is 13. The van der Waals surface area contributed by atoms with Crippen molar-refractivity contribution >= 4 is 6.03 Å². The van der Waals surface area contributed by atoms with Gasteiger partial charge in [0.25, 0.3) is 0 Å². The van der Waals surface area contributed by atoms with E-state index in [2.05, 4.69) is 10.6 Å². The van der Waals surface area contributed by atoms with Crippen molar-refractivity contribution in [1.29, 1.82) is 0 Å². The van der Waals surface area contributed by atoms with Gasteiger partial charge in [0, 0.05) is 24.9 Å². The van der Waals surface area contributed by atoms with Gasteiger partial charge >= 0.3 is 6.03 Å². The molecule has 14 unspecified atom stereocenters. The van der Waals surface area contributed by atoms with Crippen LogP contribution in [0.2, 0.25) is 0 Å². The molecular formula is C22H42N4O11. The smallest absolute Gasteiger partial charge is 0.338 e. The van der Waals surface area contributed by atoms with Gasteiger partial charge in [0.2, 0.25) is 0 Å². The van der Waals surface area contributed by atoms with Crippen LogP contribution in [-0.2, 0) is 14.2 Å². The van der Waals surface area contributed by atoms with Crippen molar-refractivity contribution in [3.8, 4) is 0 Å². The molecule has 15 heteroatoms. The second-order valence-electron chi connectivity index (χ2n) is 10.1. The predicted octanol–water partition coefficient (Wildman–Crippen LogP) is -4.30. The van der Waals surface area contributed by atoms with Gasteiger partial charge in [-0.25, -0.2) is 10.3 Å². The highest BCUT2D eigenvalue weighted by Gasteiger charge is 2.54. The van der Waals surface area contributed by atoms with Crippen LogP contribution in [0.15, 0.2) is 0 Å². The third kappa shape index (κ3) is 6.69. The SMILES string of the molecule is CCNCC1OC(C2C(N)CC(NC(=O)NO)C(OC3OC(CO)C(O)CC3O)C2C)C(O)C(O)C1O. The van der Waals surface area contributed by atoms with Gasteiger partial charge in [-0.15, -0.1) is 0 Å². The Morgan fingerprint density at radius 3 is 2.35 bits per heavy atom. The number of aliphatic hydroxyl groups excluding tert-OH is 6. The summed E-state index contributed by atoms with van der Waals surface area (Å²) in [7, 11) is 0.